The Hall–Kier alpha value is -1.43. The molecule has 0 heterocycles. The summed E-state index contributed by atoms with van der Waals surface area (Å²) in [6.45, 7) is -0.354. The van der Waals surface area contributed by atoms with Crippen LogP contribution >= 0.6 is 15.9 Å². The van der Waals surface area contributed by atoms with Crippen LogP contribution in [-0.2, 0) is 9.53 Å². The van der Waals surface area contributed by atoms with Crippen LogP contribution in [0.4, 0.5) is 4.39 Å². The molecule has 1 aromatic rings. The quantitative estimate of drug-likeness (QED) is 0.367. The van der Waals surface area contributed by atoms with E-state index < -0.39 is 11.6 Å². The molecule has 4 nitrogen and oxygen atoms in total. The largest absolute Gasteiger partial charge is 0.494 e. The molecule has 0 radical (unpaired) electrons. The molecule has 2 atom stereocenters. The first-order valence-electron chi connectivity index (χ1n) is 9.51. The van der Waals surface area contributed by atoms with E-state index in [0.29, 0.717) is 18.3 Å². The average molecular weight is 439 g/mol. The highest BCUT2D eigenvalue weighted by Gasteiger charge is 2.57. The number of ether oxygens (including phenoxy) is 2. The molecule has 4 fully saturated rings. The fourth-order valence-corrected chi connectivity index (χ4v) is 7.48. The van der Waals surface area contributed by atoms with E-state index in [1.54, 1.807) is 0 Å². The predicted octanol–water partition coefficient (Wildman–Crippen LogP) is 4.68. The third-order valence-electron chi connectivity index (χ3n) is 6.47. The van der Waals surface area contributed by atoms with Gasteiger partial charge < -0.3 is 9.47 Å². The summed E-state index contributed by atoms with van der Waals surface area (Å²) < 4.78 is 24.0. The molecule has 0 aliphatic heterocycles. The number of Topliss-reactive ketones (excluding diaryl/α,β-unsaturated/α-hetero) is 1. The van der Waals surface area contributed by atoms with Crippen molar-refractivity contribution in [1.29, 1.82) is 0 Å². The van der Waals surface area contributed by atoms with Crippen LogP contribution in [0.15, 0.2) is 18.2 Å². The van der Waals surface area contributed by atoms with Gasteiger partial charge >= 0.3 is 5.97 Å². The van der Waals surface area contributed by atoms with Crippen molar-refractivity contribution < 1.29 is 23.5 Å². The van der Waals surface area contributed by atoms with E-state index in [9.17, 15) is 14.0 Å². The van der Waals surface area contributed by atoms with Gasteiger partial charge in [0.25, 0.3) is 0 Å². The molecule has 4 aliphatic carbocycles. The highest BCUT2D eigenvalue weighted by atomic mass is 79.9. The van der Waals surface area contributed by atoms with Crippen molar-refractivity contribution in [2.45, 2.75) is 49.3 Å². The van der Waals surface area contributed by atoms with Crippen molar-refractivity contribution in [3.63, 3.8) is 0 Å². The third-order valence-corrected chi connectivity index (χ3v) is 7.40. The van der Waals surface area contributed by atoms with E-state index in [0.717, 1.165) is 25.3 Å². The third kappa shape index (κ3) is 3.78. The van der Waals surface area contributed by atoms with Gasteiger partial charge in [-0.2, -0.15) is 0 Å². The Balaban J connectivity index is 1.35. The van der Waals surface area contributed by atoms with Gasteiger partial charge in [-0.1, -0.05) is 15.9 Å². The zero-order chi connectivity index (χ0) is 19.2. The van der Waals surface area contributed by atoms with Crippen LogP contribution in [0.3, 0.4) is 0 Å². The van der Waals surface area contributed by atoms with Gasteiger partial charge in [-0.25, -0.2) is 4.39 Å². The summed E-state index contributed by atoms with van der Waals surface area (Å²) in [5.41, 5.74) is 0.190. The Bertz CT molecular complexity index is 763. The number of ketones is 1. The topological polar surface area (TPSA) is 52.6 Å². The average Bonchev–Trinajstić information content (AvgIpc) is 2.57. The van der Waals surface area contributed by atoms with Crippen LogP contribution in [0.2, 0.25) is 0 Å². The summed E-state index contributed by atoms with van der Waals surface area (Å²) >= 11 is 3.94. The normalized spacial score (nSPS) is 33.7. The summed E-state index contributed by atoms with van der Waals surface area (Å²) in [5.74, 6) is 0.132. The number of hydrogen-bond acceptors (Lipinski definition) is 4. The maximum Gasteiger partial charge on any atom is 0.306 e. The van der Waals surface area contributed by atoms with E-state index in [1.165, 1.54) is 38.5 Å². The Morgan fingerprint density at radius 1 is 1.22 bits per heavy atom. The summed E-state index contributed by atoms with van der Waals surface area (Å²) in [4.78, 5) is 24.7. The lowest BCUT2D eigenvalue weighted by Gasteiger charge is -2.60. The molecule has 146 valence electrons. The van der Waals surface area contributed by atoms with Gasteiger partial charge in [0, 0.05) is 9.89 Å². The van der Waals surface area contributed by atoms with Gasteiger partial charge in [-0.05, 0) is 74.0 Å². The summed E-state index contributed by atoms with van der Waals surface area (Å²) in [6.07, 6.45) is 7.26. The van der Waals surface area contributed by atoms with E-state index >= 15 is 0 Å². The molecule has 4 bridgehead atoms. The Labute approximate surface area is 166 Å². The smallest absolute Gasteiger partial charge is 0.306 e. The number of carbonyl (C=O) groups excluding carboxylic acids is 2. The molecule has 0 amide bonds. The van der Waals surface area contributed by atoms with Crippen molar-refractivity contribution in [2.24, 2.45) is 17.3 Å². The Morgan fingerprint density at radius 2 is 1.93 bits per heavy atom. The van der Waals surface area contributed by atoms with E-state index in [2.05, 4.69) is 15.9 Å². The molecule has 0 saturated heterocycles. The second-order valence-corrected chi connectivity index (χ2v) is 10.4. The van der Waals surface area contributed by atoms with Crippen molar-refractivity contribution in [2.75, 3.05) is 13.7 Å². The lowest BCUT2D eigenvalue weighted by molar-refractivity contribution is -0.149. The van der Waals surface area contributed by atoms with Crippen molar-refractivity contribution in [3.8, 4) is 5.75 Å². The molecule has 4 aliphatic rings. The molecule has 6 heteroatoms. The van der Waals surface area contributed by atoms with E-state index in [1.807, 2.05) is 0 Å². The molecule has 0 spiro atoms. The maximum atomic E-state index is 13.7. The first-order chi connectivity index (χ1) is 12.8. The van der Waals surface area contributed by atoms with Gasteiger partial charge in [-0.15, -0.1) is 0 Å². The molecule has 0 aromatic heterocycles. The summed E-state index contributed by atoms with van der Waals surface area (Å²) in [6, 6.07) is 3.99. The SMILES string of the molecule is COc1ccc(C(=O)COC(=O)CC23C[C@H]4C[C@@H](CC(Br)(C4)C2)C3)cc1F. The van der Waals surface area contributed by atoms with Crippen LogP contribution in [0, 0.1) is 23.1 Å². The number of rotatable bonds is 6. The van der Waals surface area contributed by atoms with Crippen LogP contribution in [0.25, 0.3) is 0 Å². The number of hydrogen-bond donors (Lipinski definition) is 0. The van der Waals surface area contributed by atoms with Crippen molar-refractivity contribution in [1.82, 2.24) is 0 Å². The molecule has 5 rings (SSSR count). The van der Waals surface area contributed by atoms with E-state index in [-0.39, 0.29) is 33.6 Å². The minimum atomic E-state index is -0.606. The summed E-state index contributed by atoms with van der Waals surface area (Å²) in [5, 5.41) is 0. The Kier molecular flexibility index (Phi) is 4.81. The number of alkyl halides is 1. The fourth-order valence-electron chi connectivity index (χ4n) is 5.97. The first kappa shape index (κ1) is 18.9. The van der Waals surface area contributed by atoms with Crippen LogP contribution in [0.5, 0.6) is 5.75 Å². The van der Waals surface area contributed by atoms with Crippen LogP contribution in [0.1, 0.15) is 55.3 Å². The van der Waals surface area contributed by atoms with Gasteiger partial charge in [0.2, 0.25) is 0 Å². The first-order valence-corrected chi connectivity index (χ1v) is 10.3. The van der Waals surface area contributed by atoms with Crippen molar-refractivity contribution >= 4 is 27.7 Å². The van der Waals surface area contributed by atoms with Gasteiger partial charge in [0.15, 0.2) is 24.0 Å². The molecule has 1 aromatic carbocycles. The second kappa shape index (κ2) is 6.87. The van der Waals surface area contributed by atoms with Crippen molar-refractivity contribution in [3.05, 3.63) is 29.6 Å². The molecule has 4 saturated carbocycles. The predicted molar refractivity (Wildman–Crippen MR) is 102 cm³/mol. The fraction of sp³-hybridized carbons (Fsp3) is 0.619. The minimum absolute atomic E-state index is 0.0138. The minimum Gasteiger partial charge on any atom is -0.494 e. The highest BCUT2D eigenvalue weighted by molar-refractivity contribution is 9.10. The Morgan fingerprint density at radius 3 is 2.52 bits per heavy atom. The van der Waals surface area contributed by atoms with Gasteiger partial charge in [0.05, 0.1) is 13.5 Å². The number of methoxy groups -OCH3 is 1. The lowest BCUT2D eigenvalue weighted by Crippen LogP contribution is -2.53. The standard InChI is InChI=1S/C21H24BrFO4/c1-26-18-3-2-15(5-16(18)23)17(24)11-27-19(25)10-20-6-13-4-14(7-20)9-21(22,8-13)12-20/h2-3,5,13-14H,4,6-12H2,1H3/t13-,14-,20?,21?/m1/s1. The maximum absolute atomic E-state index is 13.7. The second-order valence-electron chi connectivity index (χ2n) is 8.72. The van der Waals surface area contributed by atoms with Crippen LogP contribution in [-0.4, -0.2) is 29.8 Å². The molecular weight excluding hydrogens is 415 g/mol. The zero-order valence-corrected chi connectivity index (χ0v) is 17.0. The number of carbonyl (C=O) groups is 2. The number of esters is 1. The monoisotopic (exact) mass is 438 g/mol. The molecule has 0 N–H and O–H groups in total. The molecule has 27 heavy (non-hydrogen) atoms. The van der Waals surface area contributed by atoms with Crippen LogP contribution < -0.4 is 4.74 Å². The van der Waals surface area contributed by atoms with Gasteiger partial charge in [-0.3, -0.25) is 9.59 Å². The molecule has 0 unspecified atom stereocenters. The summed E-state index contributed by atoms with van der Waals surface area (Å²) in [7, 11) is 1.36. The van der Waals surface area contributed by atoms with Gasteiger partial charge in [0.1, 0.15) is 0 Å². The molecular formula is C21H24BrFO4. The lowest BCUT2D eigenvalue weighted by atomic mass is 9.49. The zero-order valence-electron chi connectivity index (χ0n) is 15.4. The number of halogens is 2. The van der Waals surface area contributed by atoms with E-state index in [4.69, 9.17) is 9.47 Å². The highest BCUT2D eigenvalue weighted by Crippen LogP contribution is 2.65. The number of benzene rings is 1.